The lowest BCUT2D eigenvalue weighted by Gasteiger charge is -2.10. The van der Waals surface area contributed by atoms with E-state index >= 15 is 0 Å². The van der Waals surface area contributed by atoms with Gasteiger partial charge in [-0.2, -0.15) is 18.2 Å². The van der Waals surface area contributed by atoms with Crippen LogP contribution in [0.25, 0.3) is 11.4 Å². The predicted molar refractivity (Wildman–Crippen MR) is 71.7 cm³/mol. The van der Waals surface area contributed by atoms with Gasteiger partial charge in [0, 0.05) is 24.4 Å². The van der Waals surface area contributed by atoms with E-state index in [0.717, 1.165) is 19.5 Å². The van der Waals surface area contributed by atoms with Crippen molar-refractivity contribution in [3.63, 3.8) is 0 Å². The van der Waals surface area contributed by atoms with Gasteiger partial charge >= 0.3 is 12.1 Å². The maximum Gasteiger partial charge on any atom is 0.471 e. The molecular formula is C12H12ClF3N4O2. The first-order chi connectivity index (χ1) is 10.0. The summed E-state index contributed by atoms with van der Waals surface area (Å²) in [6.45, 7) is 1.65. The molecule has 120 valence electrons. The molecule has 22 heavy (non-hydrogen) atoms. The molecule has 0 aliphatic carbocycles. The van der Waals surface area contributed by atoms with Gasteiger partial charge in [0.15, 0.2) is 0 Å². The highest BCUT2D eigenvalue weighted by Crippen LogP contribution is 2.29. The summed E-state index contributed by atoms with van der Waals surface area (Å²) in [6.07, 6.45) is -2.35. The van der Waals surface area contributed by atoms with Crippen LogP contribution in [0.3, 0.4) is 0 Å². The summed E-state index contributed by atoms with van der Waals surface area (Å²) in [4.78, 5) is 7.33. The van der Waals surface area contributed by atoms with E-state index in [2.05, 4.69) is 25.0 Å². The number of ether oxygens (including phenoxy) is 1. The van der Waals surface area contributed by atoms with Gasteiger partial charge in [0.25, 0.3) is 0 Å². The minimum Gasteiger partial charge on any atom is -0.473 e. The molecule has 0 amide bonds. The average Bonchev–Trinajstić information content (AvgIpc) is 3.09. The smallest absolute Gasteiger partial charge is 0.471 e. The lowest BCUT2D eigenvalue weighted by atomic mass is 10.2. The minimum atomic E-state index is -4.66. The standard InChI is InChI=1S/C12H11F3N4O2.ClH/c13-12(14,15)11-18-10(19-21-11)7-1-2-9(17-5-7)20-8-3-4-16-6-8;/h1-2,5,8,16H,3-4,6H2;1H/t8-;/m1./s1. The molecule has 0 unspecified atom stereocenters. The number of hydrogen-bond donors (Lipinski definition) is 1. The van der Waals surface area contributed by atoms with Gasteiger partial charge in [0.1, 0.15) is 6.10 Å². The molecule has 3 heterocycles. The fourth-order valence-corrected chi connectivity index (χ4v) is 1.94. The molecule has 1 fully saturated rings. The van der Waals surface area contributed by atoms with Crippen LogP contribution < -0.4 is 10.1 Å². The van der Waals surface area contributed by atoms with Crippen molar-refractivity contribution < 1.29 is 22.4 Å². The fourth-order valence-electron chi connectivity index (χ4n) is 1.94. The number of pyridine rings is 1. The third-order valence-corrected chi connectivity index (χ3v) is 2.97. The van der Waals surface area contributed by atoms with E-state index in [4.69, 9.17) is 4.74 Å². The minimum absolute atomic E-state index is 0. The molecule has 10 heteroatoms. The summed E-state index contributed by atoms with van der Waals surface area (Å²) < 4.78 is 46.9. The Kier molecular flexibility index (Phi) is 4.87. The van der Waals surface area contributed by atoms with Crippen molar-refractivity contribution in [2.75, 3.05) is 13.1 Å². The largest absolute Gasteiger partial charge is 0.473 e. The monoisotopic (exact) mass is 336 g/mol. The Bertz CT molecular complexity index is 612. The van der Waals surface area contributed by atoms with Crippen LogP contribution in [0.1, 0.15) is 12.3 Å². The second-order valence-electron chi connectivity index (χ2n) is 4.54. The van der Waals surface area contributed by atoms with Crippen molar-refractivity contribution in [3.05, 3.63) is 24.2 Å². The average molecular weight is 337 g/mol. The van der Waals surface area contributed by atoms with Crippen LogP contribution in [0, 0.1) is 0 Å². The van der Waals surface area contributed by atoms with E-state index in [1.807, 2.05) is 0 Å². The molecule has 1 aliphatic rings. The van der Waals surface area contributed by atoms with E-state index in [0.29, 0.717) is 11.4 Å². The quantitative estimate of drug-likeness (QED) is 0.927. The van der Waals surface area contributed by atoms with Crippen LogP contribution in [-0.4, -0.2) is 34.3 Å². The number of nitrogens with zero attached hydrogens (tertiary/aromatic N) is 3. The third kappa shape index (κ3) is 3.66. The van der Waals surface area contributed by atoms with Crippen LogP contribution in [0.4, 0.5) is 13.2 Å². The van der Waals surface area contributed by atoms with Crippen molar-refractivity contribution in [1.29, 1.82) is 0 Å². The number of rotatable bonds is 3. The van der Waals surface area contributed by atoms with E-state index in [1.165, 1.54) is 12.3 Å². The van der Waals surface area contributed by atoms with Gasteiger partial charge in [-0.15, -0.1) is 12.4 Å². The molecular weight excluding hydrogens is 325 g/mol. The molecule has 1 atom stereocenters. The van der Waals surface area contributed by atoms with Gasteiger partial charge in [-0.05, 0) is 19.0 Å². The maximum absolute atomic E-state index is 12.4. The number of nitrogens with one attached hydrogen (secondary N) is 1. The summed E-state index contributed by atoms with van der Waals surface area (Å²) in [6, 6.07) is 3.10. The zero-order valence-electron chi connectivity index (χ0n) is 11.1. The Hall–Kier alpha value is -1.87. The van der Waals surface area contributed by atoms with Gasteiger partial charge in [-0.1, -0.05) is 5.16 Å². The number of alkyl halides is 3. The van der Waals surface area contributed by atoms with E-state index in [-0.39, 0.29) is 24.3 Å². The van der Waals surface area contributed by atoms with Crippen LogP contribution in [-0.2, 0) is 6.18 Å². The molecule has 3 rings (SSSR count). The number of hydrogen-bond acceptors (Lipinski definition) is 6. The van der Waals surface area contributed by atoms with Crippen molar-refractivity contribution in [2.24, 2.45) is 0 Å². The van der Waals surface area contributed by atoms with Gasteiger partial charge in [0.2, 0.25) is 11.7 Å². The first kappa shape index (κ1) is 16.5. The molecule has 2 aromatic rings. The number of aromatic nitrogens is 3. The number of halogens is 4. The van der Waals surface area contributed by atoms with Crippen molar-refractivity contribution in [3.8, 4) is 17.3 Å². The summed E-state index contributed by atoms with van der Waals surface area (Å²) in [5.74, 6) is -1.13. The van der Waals surface area contributed by atoms with Gasteiger partial charge < -0.3 is 14.6 Å². The molecule has 0 bridgehead atoms. The van der Waals surface area contributed by atoms with Crippen molar-refractivity contribution in [2.45, 2.75) is 18.7 Å². The highest BCUT2D eigenvalue weighted by molar-refractivity contribution is 5.85. The Morgan fingerprint density at radius 2 is 2.14 bits per heavy atom. The van der Waals surface area contributed by atoms with Crippen LogP contribution >= 0.6 is 12.4 Å². The molecule has 2 aromatic heterocycles. The zero-order chi connectivity index (χ0) is 14.9. The third-order valence-electron chi connectivity index (χ3n) is 2.97. The topological polar surface area (TPSA) is 73.1 Å². The fraction of sp³-hybridized carbons (Fsp3) is 0.417. The Morgan fingerprint density at radius 1 is 1.32 bits per heavy atom. The lowest BCUT2D eigenvalue weighted by molar-refractivity contribution is -0.159. The predicted octanol–water partition coefficient (Wildman–Crippen LogP) is 2.31. The second-order valence-corrected chi connectivity index (χ2v) is 4.54. The molecule has 0 radical (unpaired) electrons. The summed E-state index contributed by atoms with van der Waals surface area (Å²) in [5, 5.41) is 6.44. The summed E-state index contributed by atoms with van der Waals surface area (Å²) in [5.41, 5.74) is 0.325. The van der Waals surface area contributed by atoms with E-state index < -0.39 is 12.1 Å². The van der Waals surface area contributed by atoms with E-state index in [9.17, 15) is 13.2 Å². The summed E-state index contributed by atoms with van der Waals surface area (Å²) >= 11 is 0. The summed E-state index contributed by atoms with van der Waals surface area (Å²) in [7, 11) is 0. The Morgan fingerprint density at radius 3 is 2.68 bits per heavy atom. The van der Waals surface area contributed by atoms with Gasteiger partial charge in [-0.3, -0.25) is 0 Å². The molecule has 1 aliphatic heterocycles. The first-order valence-corrected chi connectivity index (χ1v) is 6.27. The first-order valence-electron chi connectivity index (χ1n) is 6.27. The molecule has 0 saturated carbocycles. The van der Waals surface area contributed by atoms with Crippen molar-refractivity contribution in [1.82, 2.24) is 20.4 Å². The molecule has 6 nitrogen and oxygen atoms in total. The zero-order valence-corrected chi connectivity index (χ0v) is 11.9. The normalized spacial score (nSPS) is 18.0. The van der Waals surface area contributed by atoms with Crippen LogP contribution in [0.15, 0.2) is 22.9 Å². The molecule has 0 spiro atoms. The maximum atomic E-state index is 12.4. The SMILES string of the molecule is Cl.FC(F)(F)c1nc(-c2ccc(O[C@@H]3CCNC3)nc2)no1. The Balaban J connectivity index is 0.00000176. The van der Waals surface area contributed by atoms with Crippen molar-refractivity contribution >= 4 is 12.4 Å². The molecule has 1 saturated heterocycles. The molecule has 1 N–H and O–H groups in total. The van der Waals surface area contributed by atoms with Crippen LogP contribution in [0.2, 0.25) is 0 Å². The van der Waals surface area contributed by atoms with Gasteiger partial charge in [0.05, 0.1) is 0 Å². The second kappa shape index (κ2) is 6.49. The highest BCUT2D eigenvalue weighted by atomic mass is 35.5. The lowest BCUT2D eigenvalue weighted by Crippen LogP contribution is -2.19. The van der Waals surface area contributed by atoms with Gasteiger partial charge in [-0.25, -0.2) is 4.98 Å². The van der Waals surface area contributed by atoms with Crippen LogP contribution in [0.5, 0.6) is 5.88 Å². The highest BCUT2D eigenvalue weighted by Gasteiger charge is 2.38. The molecule has 0 aromatic carbocycles. The Labute approximate surface area is 129 Å². The van der Waals surface area contributed by atoms with E-state index in [1.54, 1.807) is 6.07 Å².